The van der Waals surface area contributed by atoms with E-state index < -0.39 is 11.7 Å². The SMILES string of the molecule is CC(C)(C)OC(=O)NCCc1cccc(-c2cccc(Nc3cnccn3)n2)c1. The third kappa shape index (κ3) is 6.57. The van der Waals surface area contributed by atoms with Gasteiger partial charge in [0.25, 0.3) is 0 Å². The van der Waals surface area contributed by atoms with Crippen LogP contribution in [-0.2, 0) is 11.2 Å². The molecular formula is C22H25N5O2. The van der Waals surface area contributed by atoms with Crippen molar-refractivity contribution in [3.8, 4) is 11.3 Å². The van der Waals surface area contributed by atoms with Gasteiger partial charge in [-0.15, -0.1) is 0 Å². The molecule has 150 valence electrons. The van der Waals surface area contributed by atoms with Crippen molar-refractivity contribution in [2.24, 2.45) is 0 Å². The molecule has 0 aliphatic rings. The molecule has 1 amide bonds. The number of pyridine rings is 1. The normalized spacial score (nSPS) is 11.0. The maximum Gasteiger partial charge on any atom is 0.407 e. The van der Waals surface area contributed by atoms with E-state index in [1.165, 1.54) is 0 Å². The van der Waals surface area contributed by atoms with Crippen LogP contribution in [-0.4, -0.2) is 33.2 Å². The van der Waals surface area contributed by atoms with Crippen molar-refractivity contribution in [2.45, 2.75) is 32.8 Å². The summed E-state index contributed by atoms with van der Waals surface area (Å²) in [4.78, 5) is 24.7. The number of benzene rings is 1. The standard InChI is InChI=1S/C22H25N5O2/c1-22(2,3)29-21(28)25-11-10-16-6-4-7-17(14-16)18-8-5-9-19(26-18)27-20-15-23-12-13-24-20/h4-9,12-15H,10-11H2,1-3H3,(H,25,28)(H,24,26,27). The molecular weight excluding hydrogens is 366 g/mol. The van der Waals surface area contributed by atoms with Gasteiger partial charge < -0.3 is 15.4 Å². The highest BCUT2D eigenvalue weighted by Crippen LogP contribution is 2.21. The maximum atomic E-state index is 11.8. The van der Waals surface area contributed by atoms with Crippen molar-refractivity contribution in [2.75, 3.05) is 11.9 Å². The predicted octanol–water partition coefficient (Wildman–Crippen LogP) is 4.35. The van der Waals surface area contributed by atoms with E-state index in [9.17, 15) is 4.79 Å². The van der Waals surface area contributed by atoms with Crippen LogP contribution >= 0.6 is 0 Å². The summed E-state index contributed by atoms with van der Waals surface area (Å²) < 4.78 is 5.25. The Bertz CT molecular complexity index is 955. The molecule has 7 nitrogen and oxygen atoms in total. The summed E-state index contributed by atoms with van der Waals surface area (Å²) in [5, 5.41) is 5.93. The minimum atomic E-state index is -0.500. The fraction of sp³-hybridized carbons (Fsp3) is 0.273. The first-order valence-electron chi connectivity index (χ1n) is 9.45. The van der Waals surface area contributed by atoms with E-state index in [-0.39, 0.29) is 0 Å². The number of carbonyl (C=O) groups is 1. The lowest BCUT2D eigenvalue weighted by Gasteiger charge is -2.19. The number of nitrogens with one attached hydrogen (secondary N) is 2. The summed E-state index contributed by atoms with van der Waals surface area (Å²) in [6.07, 6.45) is 5.19. The van der Waals surface area contributed by atoms with Gasteiger partial charge in [0.2, 0.25) is 0 Å². The van der Waals surface area contributed by atoms with Crippen molar-refractivity contribution in [3.05, 3.63) is 66.6 Å². The van der Waals surface area contributed by atoms with Gasteiger partial charge >= 0.3 is 6.09 Å². The molecule has 29 heavy (non-hydrogen) atoms. The Morgan fingerprint density at radius 2 is 1.90 bits per heavy atom. The smallest absolute Gasteiger partial charge is 0.407 e. The molecule has 2 N–H and O–H groups in total. The zero-order valence-corrected chi connectivity index (χ0v) is 16.8. The number of hydrogen-bond acceptors (Lipinski definition) is 6. The first-order valence-corrected chi connectivity index (χ1v) is 9.45. The number of carbonyl (C=O) groups excluding carboxylic acids is 1. The molecule has 0 radical (unpaired) electrons. The zero-order chi connectivity index (χ0) is 20.7. The Labute approximate surface area is 170 Å². The fourth-order valence-corrected chi connectivity index (χ4v) is 2.67. The fourth-order valence-electron chi connectivity index (χ4n) is 2.67. The van der Waals surface area contributed by atoms with E-state index in [1.54, 1.807) is 18.6 Å². The number of aromatic nitrogens is 3. The molecule has 7 heteroatoms. The molecule has 2 aromatic heterocycles. The average Bonchev–Trinajstić information content (AvgIpc) is 2.68. The van der Waals surface area contributed by atoms with Gasteiger partial charge in [-0.05, 0) is 51.0 Å². The van der Waals surface area contributed by atoms with E-state index in [4.69, 9.17) is 4.74 Å². The monoisotopic (exact) mass is 391 g/mol. The zero-order valence-electron chi connectivity index (χ0n) is 16.8. The van der Waals surface area contributed by atoms with E-state index >= 15 is 0 Å². The number of alkyl carbamates (subject to hydrolysis) is 1. The summed E-state index contributed by atoms with van der Waals surface area (Å²) in [6, 6.07) is 13.9. The lowest BCUT2D eigenvalue weighted by atomic mass is 10.1. The topological polar surface area (TPSA) is 89.0 Å². The minimum absolute atomic E-state index is 0.405. The molecule has 3 aromatic rings. The second-order valence-electron chi connectivity index (χ2n) is 7.50. The number of amides is 1. The average molecular weight is 391 g/mol. The molecule has 0 saturated heterocycles. The minimum Gasteiger partial charge on any atom is -0.444 e. The van der Waals surface area contributed by atoms with Crippen LogP contribution in [0.2, 0.25) is 0 Å². The van der Waals surface area contributed by atoms with Crippen LogP contribution in [0, 0.1) is 0 Å². The lowest BCUT2D eigenvalue weighted by molar-refractivity contribution is 0.0528. The van der Waals surface area contributed by atoms with E-state index in [0.29, 0.717) is 24.6 Å². The van der Waals surface area contributed by atoms with E-state index in [0.717, 1.165) is 16.8 Å². The van der Waals surface area contributed by atoms with Crippen LogP contribution in [0.5, 0.6) is 0 Å². The highest BCUT2D eigenvalue weighted by molar-refractivity contribution is 5.67. The van der Waals surface area contributed by atoms with E-state index in [1.807, 2.05) is 57.2 Å². The molecule has 0 saturated carbocycles. The summed E-state index contributed by atoms with van der Waals surface area (Å²) in [6.45, 7) is 6.03. The first-order chi connectivity index (χ1) is 13.9. The van der Waals surface area contributed by atoms with Gasteiger partial charge in [-0.2, -0.15) is 0 Å². The Morgan fingerprint density at radius 3 is 2.66 bits per heavy atom. The second-order valence-corrected chi connectivity index (χ2v) is 7.50. The van der Waals surface area contributed by atoms with Gasteiger partial charge in [0.1, 0.15) is 17.2 Å². The van der Waals surface area contributed by atoms with Gasteiger partial charge in [-0.3, -0.25) is 4.98 Å². The molecule has 3 rings (SSSR count). The molecule has 0 atom stereocenters. The quantitative estimate of drug-likeness (QED) is 0.649. The molecule has 0 unspecified atom stereocenters. The Balaban J connectivity index is 1.63. The molecule has 0 aliphatic carbocycles. The van der Waals surface area contributed by atoms with Crippen molar-refractivity contribution in [3.63, 3.8) is 0 Å². The Morgan fingerprint density at radius 1 is 1.07 bits per heavy atom. The van der Waals surface area contributed by atoms with Crippen LogP contribution in [0.4, 0.5) is 16.4 Å². The molecule has 2 heterocycles. The Hall–Kier alpha value is -3.48. The Kier molecular flexibility index (Phi) is 6.39. The van der Waals surface area contributed by atoms with Gasteiger partial charge in [0, 0.05) is 24.5 Å². The number of rotatable bonds is 6. The number of hydrogen-bond donors (Lipinski definition) is 2. The number of anilines is 2. The summed E-state index contributed by atoms with van der Waals surface area (Å²) >= 11 is 0. The van der Waals surface area contributed by atoms with Crippen LogP contribution in [0.1, 0.15) is 26.3 Å². The molecule has 0 aliphatic heterocycles. The third-order valence-electron chi connectivity index (χ3n) is 3.87. The highest BCUT2D eigenvalue weighted by Gasteiger charge is 2.15. The third-order valence-corrected chi connectivity index (χ3v) is 3.87. The summed E-state index contributed by atoms with van der Waals surface area (Å²) in [5.41, 5.74) is 2.45. The van der Waals surface area contributed by atoms with Crippen molar-refractivity contribution >= 4 is 17.7 Å². The van der Waals surface area contributed by atoms with Gasteiger partial charge in [-0.1, -0.05) is 24.3 Å². The molecule has 1 aromatic carbocycles. The molecule has 0 bridgehead atoms. The molecule has 0 fully saturated rings. The largest absolute Gasteiger partial charge is 0.444 e. The summed E-state index contributed by atoms with van der Waals surface area (Å²) in [7, 11) is 0. The number of nitrogens with zero attached hydrogens (tertiary/aromatic N) is 3. The predicted molar refractivity (Wildman–Crippen MR) is 113 cm³/mol. The van der Waals surface area contributed by atoms with Crippen molar-refractivity contribution in [1.29, 1.82) is 0 Å². The van der Waals surface area contributed by atoms with Gasteiger partial charge in [0.15, 0.2) is 0 Å². The first kappa shape index (κ1) is 20.3. The van der Waals surface area contributed by atoms with Crippen molar-refractivity contribution < 1.29 is 9.53 Å². The lowest BCUT2D eigenvalue weighted by Crippen LogP contribution is -2.33. The van der Waals surface area contributed by atoms with Crippen LogP contribution < -0.4 is 10.6 Å². The van der Waals surface area contributed by atoms with Crippen LogP contribution in [0.3, 0.4) is 0 Å². The maximum absolute atomic E-state index is 11.8. The number of ether oxygens (including phenoxy) is 1. The van der Waals surface area contributed by atoms with Gasteiger partial charge in [-0.25, -0.2) is 14.8 Å². The van der Waals surface area contributed by atoms with Crippen LogP contribution in [0.15, 0.2) is 61.1 Å². The van der Waals surface area contributed by atoms with Crippen molar-refractivity contribution in [1.82, 2.24) is 20.3 Å². The second kappa shape index (κ2) is 9.14. The summed E-state index contributed by atoms with van der Waals surface area (Å²) in [5.74, 6) is 1.33. The molecule has 0 spiro atoms. The van der Waals surface area contributed by atoms with Gasteiger partial charge in [0.05, 0.1) is 11.9 Å². The highest BCUT2D eigenvalue weighted by atomic mass is 16.6. The van der Waals surface area contributed by atoms with Crippen LogP contribution in [0.25, 0.3) is 11.3 Å². The van der Waals surface area contributed by atoms with E-state index in [2.05, 4.69) is 31.7 Å².